The molecule has 5 unspecified atom stereocenters. The zero-order valence-electron chi connectivity index (χ0n) is 26.2. The van der Waals surface area contributed by atoms with Gasteiger partial charge in [0.1, 0.15) is 6.04 Å². The van der Waals surface area contributed by atoms with Gasteiger partial charge in [0.05, 0.1) is 33.1 Å². The van der Waals surface area contributed by atoms with Gasteiger partial charge in [0.2, 0.25) is 23.0 Å². The molecule has 1 fully saturated rings. The Bertz CT molecular complexity index is 1490. The maximum Gasteiger partial charge on any atom is 0.242 e. The molecule has 2 aromatic carbocycles. The normalized spacial score (nSPS) is 21.8. The number of benzene rings is 1. The average Bonchev–Trinajstić information content (AvgIpc) is 3.57. The minimum absolute atomic E-state index is 0.0989. The summed E-state index contributed by atoms with van der Waals surface area (Å²) in [7, 11) is 4.71. The maximum absolute atomic E-state index is 13.8. The van der Waals surface area contributed by atoms with E-state index in [0.717, 1.165) is 28.9 Å². The number of hydrogen-bond donors (Lipinski definition) is 3. The third-order valence-corrected chi connectivity index (χ3v) is 9.77. The smallest absolute Gasteiger partial charge is 0.242 e. The first kappa shape index (κ1) is 31.8. The highest BCUT2D eigenvalue weighted by atomic mass is 32.2. The molecule has 0 aromatic heterocycles. The molecule has 0 saturated heterocycles. The van der Waals surface area contributed by atoms with Crippen molar-refractivity contribution in [3.05, 3.63) is 57.8 Å². The molecule has 5 atom stereocenters. The van der Waals surface area contributed by atoms with Crippen molar-refractivity contribution in [2.24, 2.45) is 17.8 Å². The van der Waals surface area contributed by atoms with Crippen LogP contribution in [0.5, 0.6) is 17.2 Å². The molecule has 0 aliphatic heterocycles. The van der Waals surface area contributed by atoms with E-state index >= 15 is 0 Å². The van der Waals surface area contributed by atoms with Crippen LogP contribution in [0, 0.1) is 17.8 Å². The number of carbonyl (C=O) groups excluding carboxylic acids is 2. The summed E-state index contributed by atoms with van der Waals surface area (Å²) in [6, 6.07) is 6.14. The van der Waals surface area contributed by atoms with Crippen LogP contribution >= 0.6 is 11.8 Å². The van der Waals surface area contributed by atoms with E-state index in [1.54, 1.807) is 45.2 Å². The molecule has 44 heavy (non-hydrogen) atoms. The number of allylic oxidation sites excluding steroid dienone is 2. The van der Waals surface area contributed by atoms with E-state index in [1.807, 2.05) is 18.4 Å². The topological polar surface area (TPSA) is 115 Å². The van der Waals surface area contributed by atoms with Crippen molar-refractivity contribution in [3.63, 3.8) is 0 Å². The van der Waals surface area contributed by atoms with Gasteiger partial charge in [0.25, 0.3) is 0 Å². The van der Waals surface area contributed by atoms with Crippen LogP contribution in [0.25, 0.3) is 11.1 Å². The molecule has 1 saturated carbocycles. The predicted octanol–water partition coefficient (Wildman–Crippen LogP) is 4.73. The number of thioether (sulfide) groups is 1. The third-order valence-electron chi connectivity index (χ3n) is 9.13. The van der Waals surface area contributed by atoms with Gasteiger partial charge >= 0.3 is 0 Å². The molecule has 5 rings (SSSR count). The summed E-state index contributed by atoms with van der Waals surface area (Å²) in [6.07, 6.45) is 10.7. The number of carbonyl (C=O) groups is 2. The molecule has 0 spiro atoms. The monoisotopic (exact) mass is 621 g/mol. The fourth-order valence-electron chi connectivity index (χ4n) is 7.00. The van der Waals surface area contributed by atoms with Gasteiger partial charge in [-0.15, -0.1) is 0 Å². The highest BCUT2D eigenvalue weighted by molar-refractivity contribution is 7.98. The lowest BCUT2D eigenvalue weighted by atomic mass is 9.93. The molecule has 2 bridgehead atoms. The molecule has 0 radical (unpaired) electrons. The van der Waals surface area contributed by atoms with Gasteiger partial charge in [-0.2, -0.15) is 11.8 Å². The Balaban J connectivity index is 1.52. The molecule has 2 aromatic rings. The van der Waals surface area contributed by atoms with E-state index in [0.29, 0.717) is 72.1 Å². The molecule has 10 heteroatoms. The summed E-state index contributed by atoms with van der Waals surface area (Å²) >= 11 is 1.66. The van der Waals surface area contributed by atoms with Crippen LogP contribution in [0.15, 0.2) is 41.2 Å². The van der Waals surface area contributed by atoms with Crippen LogP contribution in [-0.4, -0.2) is 57.7 Å². The number of aryl methyl sites for hydroxylation is 1. The van der Waals surface area contributed by atoms with Crippen molar-refractivity contribution in [1.82, 2.24) is 10.6 Å². The van der Waals surface area contributed by atoms with Crippen LogP contribution < -0.4 is 35.6 Å². The van der Waals surface area contributed by atoms with Gasteiger partial charge < -0.3 is 30.2 Å². The molecule has 0 heterocycles. The Morgan fingerprint density at radius 2 is 1.84 bits per heavy atom. The minimum Gasteiger partial charge on any atom is -0.493 e. The molecule has 3 aliphatic rings. The zero-order valence-corrected chi connectivity index (χ0v) is 27.0. The first-order valence-corrected chi connectivity index (χ1v) is 16.7. The first-order chi connectivity index (χ1) is 21.3. The highest BCUT2D eigenvalue weighted by Gasteiger charge is 2.36. The fraction of sp³-hybridized carbons (Fsp3) is 0.500. The fourth-order valence-corrected chi connectivity index (χ4v) is 7.47. The SMILES string of the molecule is COc1cc2c(c(OC)c1OC)-c1ccc(NC(CCSC)C(=O)NCC3CC4C=CC3C4)c(=O)cc1C(NC(C)=O)CC2. The maximum atomic E-state index is 13.8. The standard InChI is InChI=1S/C34H43N3O6S/c1-19(38)36-26-10-8-22-16-30(41-2)32(42-3)33(43-4)31(22)24-9-11-27(29(39)17-25(24)26)37-28(12-13-44-5)34(40)35-18-23-15-20-6-7-21(23)14-20/h6-7,9,11,16-17,20-21,23,26,28H,8,10,12-15,18H2,1-5H3,(H,35,40)(H,36,38)(H,37,39). The van der Waals surface area contributed by atoms with E-state index < -0.39 is 12.1 Å². The van der Waals surface area contributed by atoms with Crippen LogP contribution in [0.3, 0.4) is 0 Å². The van der Waals surface area contributed by atoms with Crippen LogP contribution in [0.4, 0.5) is 5.69 Å². The molecule has 236 valence electrons. The van der Waals surface area contributed by atoms with Gasteiger partial charge in [-0.05, 0) is 96.8 Å². The molecular weight excluding hydrogens is 578 g/mol. The summed E-state index contributed by atoms with van der Waals surface area (Å²) in [5.74, 6) is 3.61. The van der Waals surface area contributed by atoms with Gasteiger partial charge in [-0.3, -0.25) is 14.4 Å². The van der Waals surface area contributed by atoms with E-state index in [9.17, 15) is 14.4 Å². The molecule has 9 nitrogen and oxygen atoms in total. The summed E-state index contributed by atoms with van der Waals surface area (Å²) in [5.41, 5.74) is 3.22. The number of rotatable bonds is 12. The molecular formula is C34H43N3O6S. The quantitative estimate of drug-likeness (QED) is 0.292. The highest BCUT2D eigenvalue weighted by Crippen LogP contribution is 2.50. The van der Waals surface area contributed by atoms with E-state index in [-0.39, 0.29) is 17.2 Å². The Kier molecular flexibility index (Phi) is 10.1. The summed E-state index contributed by atoms with van der Waals surface area (Å²) in [6.45, 7) is 2.11. The Morgan fingerprint density at radius 1 is 1.05 bits per heavy atom. The Hall–Kier alpha value is -3.66. The number of ether oxygens (including phenoxy) is 3. The molecule has 2 amide bonds. The minimum atomic E-state index is -0.566. The van der Waals surface area contributed by atoms with Gasteiger partial charge in [-0.25, -0.2) is 0 Å². The van der Waals surface area contributed by atoms with Crippen molar-refractivity contribution in [3.8, 4) is 28.4 Å². The lowest BCUT2D eigenvalue weighted by Crippen LogP contribution is -2.43. The van der Waals surface area contributed by atoms with Gasteiger partial charge in [0.15, 0.2) is 11.5 Å². The van der Waals surface area contributed by atoms with Gasteiger partial charge in [0, 0.05) is 19.0 Å². The van der Waals surface area contributed by atoms with Crippen molar-refractivity contribution in [2.45, 2.75) is 51.1 Å². The van der Waals surface area contributed by atoms with Crippen LogP contribution in [0.2, 0.25) is 0 Å². The third kappa shape index (κ3) is 6.55. The van der Waals surface area contributed by atoms with Crippen LogP contribution in [-0.2, 0) is 16.0 Å². The Morgan fingerprint density at radius 3 is 2.48 bits per heavy atom. The van der Waals surface area contributed by atoms with E-state index in [2.05, 4.69) is 28.1 Å². The molecule has 3 aliphatic carbocycles. The van der Waals surface area contributed by atoms with Crippen molar-refractivity contribution in [1.29, 1.82) is 0 Å². The summed E-state index contributed by atoms with van der Waals surface area (Å²) in [5, 5.41) is 9.49. The zero-order chi connectivity index (χ0) is 31.4. The lowest BCUT2D eigenvalue weighted by molar-refractivity contribution is -0.122. The number of anilines is 1. The Labute approximate surface area is 263 Å². The number of fused-ring (bicyclic) bond motifs is 5. The lowest BCUT2D eigenvalue weighted by Gasteiger charge is -2.22. The van der Waals surface area contributed by atoms with E-state index in [4.69, 9.17) is 14.2 Å². The average molecular weight is 622 g/mol. The largest absolute Gasteiger partial charge is 0.493 e. The van der Waals surface area contributed by atoms with Crippen molar-refractivity contribution < 1.29 is 23.8 Å². The molecule has 3 N–H and O–H groups in total. The number of nitrogens with one attached hydrogen (secondary N) is 3. The second-order valence-electron chi connectivity index (χ2n) is 11.9. The van der Waals surface area contributed by atoms with E-state index in [1.165, 1.54) is 13.3 Å². The second-order valence-corrected chi connectivity index (χ2v) is 12.8. The second kappa shape index (κ2) is 14.0. The summed E-state index contributed by atoms with van der Waals surface area (Å²) in [4.78, 5) is 39.5. The number of methoxy groups -OCH3 is 3. The van der Waals surface area contributed by atoms with Crippen molar-refractivity contribution in [2.75, 3.05) is 45.2 Å². The van der Waals surface area contributed by atoms with Crippen molar-refractivity contribution >= 4 is 29.3 Å². The van der Waals surface area contributed by atoms with Gasteiger partial charge in [-0.1, -0.05) is 18.2 Å². The first-order valence-electron chi connectivity index (χ1n) is 15.3. The predicted molar refractivity (Wildman–Crippen MR) is 175 cm³/mol. The number of amides is 2. The van der Waals surface area contributed by atoms with Crippen LogP contribution in [0.1, 0.15) is 49.8 Å². The summed E-state index contributed by atoms with van der Waals surface area (Å²) < 4.78 is 17.2. The number of hydrogen-bond acceptors (Lipinski definition) is 8.